The fourth-order valence-electron chi connectivity index (χ4n) is 1.81. The summed E-state index contributed by atoms with van der Waals surface area (Å²) in [5, 5.41) is 0. The van der Waals surface area contributed by atoms with Crippen molar-refractivity contribution in [2.45, 2.75) is 46.5 Å². The van der Waals surface area contributed by atoms with Gasteiger partial charge in [0.25, 0.3) is 0 Å². The molecule has 0 rings (SSSR count). The summed E-state index contributed by atoms with van der Waals surface area (Å²) in [7, 11) is 3.00. The summed E-state index contributed by atoms with van der Waals surface area (Å²) < 4.78 is 10.1. The minimum Gasteiger partial charge on any atom is -0.464 e. The van der Waals surface area contributed by atoms with Crippen LogP contribution in [0.5, 0.6) is 0 Å². The summed E-state index contributed by atoms with van der Waals surface area (Å²) in [4.78, 5) is 37.8. The molecule has 2 amide bonds. The predicted molar refractivity (Wildman–Crippen MR) is 91.6 cm³/mol. The molecule has 0 aromatic heterocycles. The number of hydrogen-bond donors (Lipinski definition) is 0. The Morgan fingerprint density at radius 2 is 1.54 bits per heavy atom. The number of hydrogen-bond acceptors (Lipinski definition) is 5. The van der Waals surface area contributed by atoms with Crippen LogP contribution >= 0.6 is 0 Å². The van der Waals surface area contributed by atoms with Gasteiger partial charge < -0.3 is 19.3 Å². The van der Waals surface area contributed by atoms with Crippen LogP contribution in [0.25, 0.3) is 0 Å². The average Bonchev–Trinajstić information content (AvgIpc) is 2.51. The van der Waals surface area contributed by atoms with Crippen molar-refractivity contribution < 1.29 is 23.9 Å². The summed E-state index contributed by atoms with van der Waals surface area (Å²) >= 11 is 0. The van der Waals surface area contributed by atoms with Crippen LogP contribution in [0.2, 0.25) is 0 Å². The van der Waals surface area contributed by atoms with Crippen molar-refractivity contribution in [1.82, 2.24) is 9.80 Å². The van der Waals surface area contributed by atoms with Crippen molar-refractivity contribution in [3.63, 3.8) is 0 Å². The number of carbonyl (C=O) groups is 3. The zero-order valence-corrected chi connectivity index (χ0v) is 15.7. The Labute approximate surface area is 145 Å². The van der Waals surface area contributed by atoms with Gasteiger partial charge in [-0.25, -0.2) is 4.79 Å². The molecule has 0 spiro atoms. The molecule has 0 aromatic carbocycles. The lowest BCUT2D eigenvalue weighted by atomic mass is 10.1. The van der Waals surface area contributed by atoms with Crippen molar-refractivity contribution in [2.75, 3.05) is 40.4 Å². The molecule has 0 atom stereocenters. The zero-order chi connectivity index (χ0) is 18.5. The van der Waals surface area contributed by atoms with Crippen molar-refractivity contribution in [3.05, 3.63) is 0 Å². The second-order valence-electron chi connectivity index (χ2n) is 6.33. The number of carbonyl (C=O) groups excluding carboxylic acids is 3. The summed E-state index contributed by atoms with van der Waals surface area (Å²) in [6.07, 6.45) is 2.98. The van der Waals surface area contributed by atoms with Gasteiger partial charge in [-0.2, -0.15) is 0 Å². The highest BCUT2D eigenvalue weighted by Crippen LogP contribution is 2.03. The minimum absolute atomic E-state index is 0.126. The zero-order valence-electron chi connectivity index (χ0n) is 15.7. The van der Waals surface area contributed by atoms with Crippen molar-refractivity contribution in [3.8, 4) is 0 Å². The second-order valence-corrected chi connectivity index (χ2v) is 6.33. The van der Waals surface area contributed by atoms with E-state index in [2.05, 4.69) is 13.8 Å². The largest absolute Gasteiger partial charge is 0.464 e. The number of likely N-dealkylation sites (N-methyl/N-ethyl adjacent to an activating group) is 2. The molecule has 0 heterocycles. The highest BCUT2D eigenvalue weighted by atomic mass is 16.6. The second kappa shape index (κ2) is 12.6. The molecule has 7 heteroatoms. The third-order valence-electron chi connectivity index (χ3n) is 3.39. The lowest BCUT2D eigenvalue weighted by Gasteiger charge is -2.21. The molecule has 0 saturated heterocycles. The van der Waals surface area contributed by atoms with Crippen molar-refractivity contribution in [2.24, 2.45) is 5.92 Å². The van der Waals surface area contributed by atoms with Gasteiger partial charge >= 0.3 is 12.1 Å². The normalized spacial score (nSPS) is 10.4. The molecule has 0 aromatic rings. The Hall–Kier alpha value is -1.79. The Morgan fingerprint density at radius 1 is 0.917 bits per heavy atom. The highest BCUT2D eigenvalue weighted by Gasteiger charge is 2.19. The van der Waals surface area contributed by atoms with E-state index in [9.17, 15) is 14.4 Å². The molecule has 24 heavy (non-hydrogen) atoms. The first-order valence-electron chi connectivity index (χ1n) is 8.55. The van der Waals surface area contributed by atoms with E-state index in [1.165, 1.54) is 23.9 Å². The molecule has 7 nitrogen and oxygen atoms in total. The van der Waals surface area contributed by atoms with Crippen LogP contribution < -0.4 is 0 Å². The Morgan fingerprint density at radius 3 is 2.12 bits per heavy atom. The molecule has 0 N–H and O–H groups in total. The SMILES string of the molecule is CCCCOC(=O)N(C)CC(=O)N(C)CC(=O)OCCCC(C)C. The Balaban J connectivity index is 4.04. The molecule has 0 aliphatic carbocycles. The van der Waals surface area contributed by atoms with Gasteiger partial charge in [0.1, 0.15) is 13.1 Å². The standard InChI is InChI=1S/C17H32N2O5/c1-6-7-10-24-17(22)19(5)12-15(20)18(4)13-16(21)23-11-8-9-14(2)3/h14H,6-13H2,1-5H3. The number of nitrogens with zero attached hydrogens (tertiary/aromatic N) is 2. The number of unbranched alkanes of at least 4 members (excludes halogenated alkanes) is 1. The Bertz CT molecular complexity index is 398. The van der Waals surface area contributed by atoms with Gasteiger partial charge in [-0.3, -0.25) is 9.59 Å². The maximum absolute atomic E-state index is 12.0. The molecule has 0 bridgehead atoms. The van der Waals surface area contributed by atoms with E-state index < -0.39 is 12.1 Å². The van der Waals surface area contributed by atoms with Gasteiger partial charge in [0.05, 0.1) is 13.2 Å². The van der Waals surface area contributed by atoms with Crippen LogP contribution in [0.15, 0.2) is 0 Å². The van der Waals surface area contributed by atoms with Crippen LogP contribution in [0.4, 0.5) is 4.79 Å². The van der Waals surface area contributed by atoms with Crippen LogP contribution in [0.3, 0.4) is 0 Å². The minimum atomic E-state index is -0.540. The summed E-state index contributed by atoms with van der Waals surface area (Å²) in [6, 6.07) is 0. The molecule has 0 radical (unpaired) electrons. The van der Waals surface area contributed by atoms with E-state index in [1.54, 1.807) is 0 Å². The van der Waals surface area contributed by atoms with Gasteiger partial charge in [0.2, 0.25) is 5.91 Å². The first kappa shape index (κ1) is 22.2. The molecule has 0 saturated carbocycles. The lowest BCUT2D eigenvalue weighted by molar-refractivity contribution is -0.148. The summed E-state index contributed by atoms with van der Waals surface area (Å²) in [5.41, 5.74) is 0. The molecule has 0 aliphatic heterocycles. The van der Waals surface area contributed by atoms with Crippen LogP contribution in [-0.4, -0.2) is 68.2 Å². The monoisotopic (exact) mass is 344 g/mol. The highest BCUT2D eigenvalue weighted by molar-refractivity contribution is 5.85. The molecule has 0 fully saturated rings. The van der Waals surface area contributed by atoms with Crippen LogP contribution in [0.1, 0.15) is 46.5 Å². The topological polar surface area (TPSA) is 76.2 Å². The number of rotatable bonds is 11. The van der Waals surface area contributed by atoms with Crippen molar-refractivity contribution in [1.29, 1.82) is 0 Å². The maximum atomic E-state index is 12.0. The third-order valence-corrected chi connectivity index (χ3v) is 3.39. The first-order chi connectivity index (χ1) is 11.3. The van der Waals surface area contributed by atoms with Gasteiger partial charge in [0, 0.05) is 14.1 Å². The number of esters is 1. The number of ether oxygens (including phenoxy) is 2. The summed E-state index contributed by atoms with van der Waals surface area (Å²) in [5.74, 6) is -0.215. The van der Waals surface area contributed by atoms with Gasteiger partial charge in [0.15, 0.2) is 0 Å². The van der Waals surface area contributed by atoms with E-state index >= 15 is 0 Å². The van der Waals surface area contributed by atoms with Gasteiger partial charge in [-0.05, 0) is 25.2 Å². The first-order valence-corrected chi connectivity index (χ1v) is 8.55. The van der Waals surface area contributed by atoms with Gasteiger partial charge in [-0.15, -0.1) is 0 Å². The average molecular weight is 344 g/mol. The lowest BCUT2D eigenvalue weighted by Crippen LogP contribution is -2.41. The van der Waals surface area contributed by atoms with E-state index in [0.29, 0.717) is 19.1 Å². The predicted octanol–water partition coefficient (Wildman–Crippen LogP) is 2.29. The molecule has 0 unspecified atom stereocenters. The van der Waals surface area contributed by atoms with E-state index in [-0.39, 0.29) is 19.0 Å². The Kier molecular flexibility index (Phi) is 11.7. The third kappa shape index (κ3) is 10.9. The molecule has 140 valence electrons. The van der Waals surface area contributed by atoms with Gasteiger partial charge in [-0.1, -0.05) is 27.2 Å². The molecular formula is C17H32N2O5. The smallest absolute Gasteiger partial charge is 0.409 e. The quantitative estimate of drug-likeness (QED) is 0.424. The fraction of sp³-hybridized carbons (Fsp3) is 0.824. The van der Waals surface area contributed by atoms with E-state index in [4.69, 9.17) is 9.47 Å². The van der Waals surface area contributed by atoms with Crippen LogP contribution in [-0.2, 0) is 19.1 Å². The molecular weight excluding hydrogens is 312 g/mol. The van der Waals surface area contributed by atoms with Crippen LogP contribution in [0, 0.1) is 5.92 Å². The fourth-order valence-corrected chi connectivity index (χ4v) is 1.81. The van der Waals surface area contributed by atoms with E-state index in [1.807, 2.05) is 6.92 Å². The summed E-state index contributed by atoms with van der Waals surface area (Å²) in [6.45, 7) is 6.66. The molecule has 0 aliphatic rings. The number of amides is 2. The van der Waals surface area contributed by atoms with Crippen molar-refractivity contribution >= 4 is 18.0 Å². The maximum Gasteiger partial charge on any atom is 0.409 e. The van der Waals surface area contributed by atoms with E-state index in [0.717, 1.165) is 25.7 Å².